The number of carbonyl (C=O) groups excluding carboxylic acids is 1. The average Bonchev–Trinajstić information content (AvgIpc) is 2.53. The first-order valence-corrected chi connectivity index (χ1v) is 6.43. The fourth-order valence-electron chi connectivity index (χ4n) is 1.83. The lowest BCUT2D eigenvalue weighted by atomic mass is 10.1. The zero-order valence-corrected chi connectivity index (χ0v) is 11.4. The molecule has 1 atom stereocenters. The van der Waals surface area contributed by atoms with Crippen LogP contribution in [0.4, 0.5) is 10.1 Å². The predicted octanol–water partition coefficient (Wildman–Crippen LogP) is 2.20. The molecular weight excluding hydrogens is 291 g/mol. The quantitative estimate of drug-likeness (QED) is 0.654. The SMILES string of the molecule is O=C(NC[C@@H](O)c1ccc([N+](=O)[O-])cc1)c1ccc(F)cc1. The van der Waals surface area contributed by atoms with E-state index in [2.05, 4.69) is 5.32 Å². The number of nitro benzene ring substituents is 1. The first-order valence-electron chi connectivity index (χ1n) is 6.43. The fourth-order valence-corrected chi connectivity index (χ4v) is 1.83. The van der Waals surface area contributed by atoms with Gasteiger partial charge in [-0.05, 0) is 42.0 Å². The van der Waals surface area contributed by atoms with Crippen molar-refractivity contribution in [2.24, 2.45) is 0 Å². The fraction of sp³-hybridized carbons (Fsp3) is 0.133. The second kappa shape index (κ2) is 6.77. The number of nitrogens with zero attached hydrogens (tertiary/aromatic N) is 1. The molecule has 114 valence electrons. The van der Waals surface area contributed by atoms with E-state index in [-0.39, 0.29) is 17.8 Å². The van der Waals surface area contributed by atoms with Crippen molar-refractivity contribution in [2.75, 3.05) is 6.54 Å². The molecule has 2 N–H and O–H groups in total. The summed E-state index contributed by atoms with van der Waals surface area (Å²) in [7, 11) is 0. The lowest BCUT2D eigenvalue weighted by Crippen LogP contribution is -2.28. The third kappa shape index (κ3) is 3.86. The van der Waals surface area contributed by atoms with Gasteiger partial charge in [-0.15, -0.1) is 0 Å². The molecule has 0 aliphatic carbocycles. The molecule has 22 heavy (non-hydrogen) atoms. The predicted molar refractivity (Wildman–Crippen MR) is 76.8 cm³/mol. The van der Waals surface area contributed by atoms with Gasteiger partial charge >= 0.3 is 0 Å². The number of nitro groups is 1. The van der Waals surface area contributed by atoms with Crippen LogP contribution in [0.1, 0.15) is 22.0 Å². The molecule has 6 nitrogen and oxygen atoms in total. The standard InChI is InChI=1S/C15H13FN2O4/c16-12-5-1-11(2-6-12)15(20)17-9-14(19)10-3-7-13(8-4-10)18(21)22/h1-8,14,19H,9H2,(H,17,20)/t14-/m1/s1. The van der Waals surface area contributed by atoms with Crippen LogP contribution >= 0.6 is 0 Å². The van der Waals surface area contributed by atoms with Gasteiger partial charge in [0.15, 0.2) is 0 Å². The smallest absolute Gasteiger partial charge is 0.269 e. The van der Waals surface area contributed by atoms with E-state index in [0.29, 0.717) is 5.56 Å². The molecule has 0 heterocycles. The van der Waals surface area contributed by atoms with Crippen LogP contribution in [0.5, 0.6) is 0 Å². The summed E-state index contributed by atoms with van der Waals surface area (Å²) >= 11 is 0. The summed E-state index contributed by atoms with van der Waals surface area (Å²) in [5.74, 6) is -0.886. The molecule has 0 saturated carbocycles. The monoisotopic (exact) mass is 304 g/mol. The van der Waals surface area contributed by atoms with Crippen LogP contribution in [0.3, 0.4) is 0 Å². The zero-order chi connectivity index (χ0) is 16.1. The van der Waals surface area contributed by atoms with Crippen molar-refractivity contribution in [1.29, 1.82) is 0 Å². The summed E-state index contributed by atoms with van der Waals surface area (Å²) in [6.07, 6.45) is -0.995. The van der Waals surface area contributed by atoms with Gasteiger partial charge in [0.25, 0.3) is 11.6 Å². The molecule has 0 aliphatic rings. The Morgan fingerprint density at radius 1 is 1.18 bits per heavy atom. The second-order valence-corrected chi connectivity index (χ2v) is 4.58. The van der Waals surface area contributed by atoms with Crippen LogP contribution in [0.15, 0.2) is 48.5 Å². The maximum Gasteiger partial charge on any atom is 0.269 e. The van der Waals surface area contributed by atoms with Crippen molar-refractivity contribution in [3.63, 3.8) is 0 Å². The van der Waals surface area contributed by atoms with Crippen LogP contribution < -0.4 is 5.32 Å². The van der Waals surface area contributed by atoms with Crippen LogP contribution in [0, 0.1) is 15.9 Å². The number of hydrogen-bond acceptors (Lipinski definition) is 4. The van der Waals surface area contributed by atoms with Crippen molar-refractivity contribution < 1.29 is 19.2 Å². The largest absolute Gasteiger partial charge is 0.387 e. The van der Waals surface area contributed by atoms with Crippen molar-refractivity contribution in [3.8, 4) is 0 Å². The van der Waals surface area contributed by atoms with Crippen LogP contribution in [-0.2, 0) is 0 Å². The number of nitrogens with one attached hydrogen (secondary N) is 1. The Morgan fingerprint density at radius 3 is 2.32 bits per heavy atom. The highest BCUT2D eigenvalue weighted by atomic mass is 19.1. The summed E-state index contributed by atoms with van der Waals surface area (Å²) in [5.41, 5.74) is 0.647. The van der Waals surface area contributed by atoms with Crippen molar-refractivity contribution in [3.05, 3.63) is 75.6 Å². The Morgan fingerprint density at radius 2 is 1.77 bits per heavy atom. The van der Waals surface area contributed by atoms with Gasteiger partial charge in [0, 0.05) is 24.2 Å². The van der Waals surface area contributed by atoms with E-state index in [0.717, 1.165) is 0 Å². The Balaban J connectivity index is 1.94. The highest BCUT2D eigenvalue weighted by Crippen LogP contribution is 2.17. The molecule has 0 spiro atoms. The lowest BCUT2D eigenvalue weighted by Gasteiger charge is -2.12. The number of carbonyl (C=O) groups is 1. The summed E-state index contributed by atoms with van der Waals surface area (Å²) in [6, 6.07) is 10.4. The van der Waals surface area contributed by atoms with Crippen LogP contribution in [0.2, 0.25) is 0 Å². The minimum atomic E-state index is -0.995. The van der Waals surface area contributed by atoms with Crippen molar-refractivity contribution in [1.82, 2.24) is 5.32 Å². The molecule has 0 aromatic heterocycles. The molecule has 0 bridgehead atoms. The Hall–Kier alpha value is -2.80. The zero-order valence-electron chi connectivity index (χ0n) is 11.4. The summed E-state index contributed by atoms with van der Waals surface area (Å²) in [4.78, 5) is 21.8. The first kappa shape index (κ1) is 15.6. The number of hydrogen-bond donors (Lipinski definition) is 2. The van der Waals surface area contributed by atoms with Gasteiger partial charge in [-0.3, -0.25) is 14.9 Å². The highest BCUT2D eigenvalue weighted by Gasteiger charge is 2.12. The number of amides is 1. The summed E-state index contributed by atoms with van der Waals surface area (Å²) in [6.45, 7) is -0.0615. The van der Waals surface area contributed by atoms with E-state index in [9.17, 15) is 24.4 Å². The van der Waals surface area contributed by atoms with E-state index in [1.165, 1.54) is 48.5 Å². The van der Waals surface area contributed by atoms with E-state index in [1.807, 2.05) is 0 Å². The number of aliphatic hydroxyl groups excluding tert-OH is 1. The minimum Gasteiger partial charge on any atom is -0.387 e. The third-order valence-electron chi connectivity index (χ3n) is 3.05. The Labute approximate surface area is 125 Å². The topological polar surface area (TPSA) is 92.5 Å². The van der Waals surface area contributed by atoms with E-state index in [4.69, 9.17) is 0 Å². The number of rotatable bonds is 5. The van der Waals surface area contributed by atoms with Gasteiger partial charge in [0.2, 0.25) is 0 Å². The first-order chi connectivity index (χ1) is 10.5. The molecule has 0 fully saturated rings. The molecule has 0 aliphatic heterocycles. The second-order valence-electron chi connectivity index (χ2n) is 4.58. The molecule has 2 rings (SSSR count). The van der Waals surface area contributed by atoms with Crippen LogP contribution in [-0.4, -0.2) is 22.5 Å². The number of halogens is 1. The summed E-state index contributed by atoms with van der Waals surface area (Å²) in [5, 5.41) is 23.0. The minimum absolute atomic E-state index is 0.0615. The highest BCUT2D eigenvalue weighted by molar-refractivity contribution is 5.94. The van der Waals surface area contributed by atoms with Crippen molar-refractivity contribution in [2.45, 2.75) is 6.10 Å². The Kier molecular flexibility index (Phi) is 4.80. The van der Waals surface area contributed by atoms with Gasteiger partial charge in [0.1, 0.15) is 5.82 Å². The molecule has 1 amide bonds. The molecule has 2 aromatic rings. The normalized spacial score (nSPS) is 11.7. The third-order valence-corrected chi connectivity index (χ3v) is 3.05. The van der Waals surface area contributed by atoms with Gasteiger partial charge in [-0.2, -0.15) is 0 Å². The maximum atomic E-state index is 12.8. The van der Waals surface area contributed by atoms with E-state index < -0.39 is 22.8 Å². The molecule has 0 saturated heterocycles. The van der Waals surface area contributed by atoms with Crippen molar-refractivity contribution >= 4 is 11.6 Å². The van der Waals surface area contributed by atoms with E-state index >= 15 is 0 Å². The lowest BCUT2D eigenvalue weighted by molar-refractivity contribution is -0.384. The number of benzene rings is 2. The van der Waals surface area contributed by atoms with Crippen LogP contribution in [0.25, 0.3) is 0 Å². The maximum absolute atomic E-state index is 12.8. The number of non-ortho nitro benzene ring substituents is 1. The average molecular weight is 304 g/mol. The Bertz CT molecular complexity index is 671. The molecule has 7 heteroatoms. The molecule has 0 radical (unpaired) electrons. The molecule has 2 aromatic carbocycles. The van der Waals surface area contributed by atoms with Gasteiger partial charge in [-0.25, -0.2) is 4.39 Å². The molecular formula is C15H13FN2O4. The van der Waals surface area contributed by atoms with E-state index in [1.54, 1.807) is 0 Å². The van der Waals surface area contributed by atoms with Gasteiger partial charge < -0.3 is 10.4 Å². The molecule has 0 unspecified atom stereocenters. The van der Waals surface area contributed by atoms with Gasteiger partial charge in [-0.1, -0.05) is 0 Å². The summed E-state index contributed by atoms with van der Waals surface area (Å²) < 4.78 is 12.8. The number of aliphatic hydroxyl groups is 1. The van der Waals surface area contributed by atoms with Gasteiger partial charge in [0.05, 0.1) is 11.0 Å².